The van der Waals surface area contributed by atoms with E-state index in [0.717, 1.165) is 0 Å². The fourth-order valence-electron chi connectivity index (χ4n) is 0.971. The summed E-state index contributed by atoms with van der Waals surface area (Å²) in [4.78, 5) is 0. The standard InChI is InChI=1S/C8H15F3O/c1-6(5-8(9,10)11)12-7(2,3)4/h6H,5H2,1-4H3. The van der Waals surface area contributed by atoms with Crippen molar-refractivity contribution in [3.63, 3.8) is 0 Å². The second kappa shape index (κ2) is 3.64. The van der Waals surface area contributed by atoms with Crippen LogP contribution in [0.3, 0.4) is 0 Å². The third kappa shape index (κ3) is 7.85. The van der Waals surface area contributed by atoms with Gasteiger partial charge in [0.15, 0.2) is 0 Å². The smallest absolute Gasteiger partial charge is 0.373 e. The Hall–Kier alpha value is -0.250. The molecule has 74 valence electrons. The molecule has 0 fully saturated rings. The van der Waals surface area contributed by atoms with Crippen LogP contribution in [0.2, 0.25) is 0 Å². The van der Waals surface area contributed by atoms with E-state index in [9.17, 15) is 13.2 Å². The van der Waals surface area contributed by atoms with Crippen LogP contribution in [-0.4, -0.2) is 17.9 Å². The maximum Gasteiger partial charge on any atom is 0.391 e. The largest absolute Gasteiger partial charge is 0.391 e. The lowest BCUT2D eigenvalue weighted by atomic mass is 10.1. The summed E-state index contributed by atoms with van der Waals surface area (Å²) in [7, 11) is 0. The van der Waals surface area contributed by atoms with Crippen molar-refractivity contribution in [3.8, 4) is 0 Å². The van der Waals surface area contributed by atoms with Crippen LogP contribution in [0.1, 0.15) is 34.1 Å². The van der Waals surface area contributed by atoms with Gasteiger partial charge in [-0.1, -0.05) is 0 Å². The first-order valence-electron chi connectivity index (χ1n) is 3.85. The Balaban J connectivity index is 3.83. The fourth-order valence-corrected chi connectivity index (χ4v) is 0.971. The molecule has 0 saturated carbocycles. The molecule has 0 bridgehead atoms. The highest BCUT2D eigenvalue weighted by Gasteiger charge is 2.31. The van der Waals surface area contributed by atoms with Crippen LogP contribution in [0.15, 0.2) is 0 Å². The highest BCUT2D eigenvalue weighted by Crippen LogP contribution is 2.24. The molecular weight excluding hydrogens is 169 g/mol. The van der Waals surface area contributed by atoms with Crippen LogP contribution in [0.25, 0.3) is 0 Å². The monoisotopic (exact) mass is 184 g/mol. The van der Waals surface area contributed by atoms with Gasteiger partial charge in [0, 0.05) is 0 Å². The van der Waals surface area contributed by atoms with E-state index in [1.165, 1.54) is 6.92 Å². The van der Waals surface area contributed by atoms with Crippen molar-refractivity contribution >= 4 is 0 Å². The average Bonchev–Trinajstić information content (AvgIpc) is 1.49. The van der Waals surface area contributed by atoms with Crippen molar-refractivity contribution in [1.82, 2.24) is 0 Å². The molecule has 12 heavy (non-hydrogen) atoms. The zero-order valence-electron chi connectivity index (χ0n) is 7.83. The Morgan fingerprint density at radius 1 is 1.17 bits per heavy atom. The molecule has 0 aromatic rings. The molecule has 0 aliphatic rings. The van der Waals surface area contributed by atoms with Gasteiger partial charge >= 0.3 is 6.18 Å². The van der Waals surface area contributed by atoms with Gasteiger partial charge in [0.05, 0.1) is 18.1 Å². The van der Waals surface area contributed by atoms with Gasteiger partial charge in [-0.25, -0.2) is 0 Å². The topological polar surface area (TPSA) is 9.23 Å². The molecular formula is C8H15F3O. The first kappa shape index (κ1) is 11.8. The Kier molecular flexibility index (Phi) is 3.57. The lowest BCUT2D eigenvalue weighted by Crippen LogP contribution is -2.29. The Morgan fingerprint density at radius 2 is 1.58 bits per heavy atom. The minimum Gasteiger partial charge on any atom is -0.373 e. The van der Waals surface area contributed by atoms with E-state index in [2.05, 4.69) is 0 Å². The van der Waals surface area contributed by atoms with Crippen LogP contribution in [0, 0.1) is 0 Å². The normalized spacial score (nSPS) is 16.2. The Bertz CT molecular complexity index is 118. The van der Waals surface area contributed by atoms with E-state index in [1.807, 2.05) is 0 Å². The molecule has 0 aliphatic heterocycles. The second-order valence-electron chi connectivity index (χ2n) is 3.86. The molecule has 0 aliphatic carbocycles. The van der Waals surface area contributed by atoms with E-state index >= 15 is 0 Å². The van der Waals surface area contributed by atoms with E-state index < -0.39 is 24.3 Å². The van der Waals surface area contributed by atoms with Gasteiger partial charge in [0.25, 0.3) is 0 Å². The molecule has 0 saturated heterocycles. The number of alkyl halides is 3. The highest BCUT2D eigenvalue weighted by molar-refractivity contribution is 4.65. The van der Waals surface area contributed by atoms with E-state index in [0.29, 0.717) is 0 Å². The zero-order chi connectivity index (χ0) is 9.99. The second-order valence-corrected chi connectivity index (χ2v) is 3.86. The van der Waals surface area contributed by atoms with Crippen molar-refractivity contribution in [2.75, 3.05) is 0 Å². The summed E-state index contributed by atoms with van der Waals surface area (Å²) in [6.07, 6.45) is -5.79. The van der Waals surface area contributed by atoms with Gasteiger partial charge in [-0.15, -0.1) is 0 Å². The van der Waals surface area contributed by atoms with Crippen LogP contribution in [0.5, 0.6) is 0 Å². The summed E-state index contributed by atoms with van der Waals surface area (Å²) in [5.74, 6) is 0. The number of ether oxygens (including phenoxy) is 1. The predicted octanol–water partition coefficient (Wildman–Crippen LogP) is 3.14. The van der Waals surface area contributed by atoms with Crippen LogP contribution in [0.4, 0.5) is 13.2 Å². The molecule has 0 spiro atoms. The number of hydrogen-bond acceptors (Lipinski definition) is 1. The Labute approximate surface area is 70.9 Å². The van der Waals surface area contributed by atoms with Gasteiger partial charge in [-0.2, -0.15) is 13.2 Å². The SMILES string of the molecule is CC(CC(F)(F)F)OC(C)(C)C. The number of hydrogen-bond donors (Lipinski definition) is 0. The number of halogens is 3. The molecule has 1 atom stereocenters. The molecule has 1 unspecified atom stereocenters. The summed E-state index contributed by atoms with van der Waals surface area (Å²) < 4.78 is 40.5. The van der Waals surface area contributed by atoms with E-state index in [4.69, 9.17) is 4.74 Å². The zero-order valence-corrected chi connectivity index (χ0v) is 7.83. The first-order chi connectivity index (χ1) is 5.10. The quantitative estimate of drug-likeness (QED) is 0.640. The maximum atomic E-state index is 11.8. The lowest BCUT2D eigenvalue weighted by Gasteiger charge is -2.25. The minimum absolute atomic E-state index is 0.509. The van der Waals surface area contributed by atoms with Gasteiger partial charge in [-0.3, -0.25) is 0 Å². The molecule has 0 aromatic heterocycles. The summed E-state index contributed by atoms with van der Waals surface area (Å²) >= 11 is 0. The molecule has 0 rings (SSSR count). The van der Waals surface area contributed by atoms with Crippen molar-refractivity contribution in [3.05, 3.63) is 0 Å². The van der Waals surface area contributed by atoms with Crippen molar-refractivity contribution in [2.24, 2.45) is 0 Å². The van der Waals surface area contributed by atoms with Crippen molar-refractivity contribution in [1.29, 1.82) is 0 Å². The van der Waals surface area contributed by atoms with Crippen LogP contribution in [-0.2, 0) is 4.74 Å². The first-order valence-corrected chi connectivity index (χ1v) is 3.85. The lowest BCUT2D eigenvalue weighted by molar-refractivity contribution is -0.172. The average molecular weight is 184 g/mol. The molecule has 0 aromatic carbocycles. The third-order valence-electron chi connectivity index (χ3n) is 1.07. The Morgan fingerprint density at radius 3 is 1.83 bits per heavy atom. The molecule has 0 radical (unpaired) electrons. The van der Waals surface area contributed by atoms with E-state index in [1.54, 1.807) is 20.8 Å². The van der Waals surface area contributed by atoms with Crippen molar-refractivity contribution < 1.29 is 17.9 Å². The third-order valence-corrected chi connectivity index (χ3v) is 1.07. The summed E-state index contributed by atoms with van der Waals surface area (Å²) in [6.45, 7) is 6.64. The molecule has 0 amide bonds. The summed E-state index contributed by atoms with van der Waals surface area (Å²) in [5.41, 5.74) is -0.509. The predicted molar refractivity (Wildman–Crippen MR) is 41.0 cm³/mol. The van der Waals surface area contributed by atoms with Crippen LogP contribution < -0.4 is 0 Å². The van der Waals surface area contributed by atoms with Gasteiger partial charge in [0.1, 0.15) is 0 Å². The van der Waals surface area contributed by atoms with Gasteiger partial charge in [-0.05, 0) is 27.7 Å². The number of rotatable bonds is 2. The molecule has 1 nitrogen and oxygen atoms in total. The van der Waals surface area contributed by atoms with Crippen LogP contribution >= 0.6 is 0 Å². The van der Waals surface area contributed by atoms with Crippen molar-refractivity contribution in [2.45, 2.75) is 52.0 Å². The maximum absolute atomic E-state index is 11.8. The summed E-state index contributed by atoms with van der Waals surface area (Å²) in [5, 5.41) is 0. The van der Waals surface area contributed by atoms with E-state index in [-0.39, 0.29) is 0 Å². The minimum atomic E-state index is -4.13. The summed E-state index contributed by atoms with van der Waals surface area (Å²) in [6, 6.07) is 0. The fraction of sp³-hybridized carbons (Fsp3) is 1.00. The molecule has 4 heteroatoms. The molecule has 0 heterocycles. The highest BCUT2D eigenvalue weighted by atomic mass is 19.4. The van der Waals surface area contributed by atoms with Gasteiger partial charge < -0.3 is 4.74 Å². The van der Waals surface area contributed by atoms with Gasteiger partial charge in [0.2, 0.25) is 0 Å². The molecule has 0 N–H and O–H groups in total.